The third-order valence-corrected chi connectivity index (χ3v) is 3.28. The molecule has 0 saturated carbocycles. The van der Waals surface area contributed by atoms with Crippen LogP contribution in [0.1, 0.15) is 26.5 Å². The summed E-state index contributed by atoms with van der Waals surface area (Å²) in [6.45, 7) is 2.49. The summed E-state index contributed by atoms with van der Waals surface area (Å²) >= 11 is 0. The molecule has 0 radical (unpaired) electrons. The Kier molecular flexibility index (Phi) is 3.69. The number of carbonyl (C=O) groups excluding carboxylic acids is 2. The van der Waals surface area contributed by atoms with Gasteiger partial charge in [0.2, 0.25) is 5.91 Å². The summed E-state index contributed by atoms with van der Waals surface area (Å²) in [4.78, 5) is 41.7. The van der Waals surface area contributed by atoms with Gasteiger partial charge in [0.15, 0.2) is 0 Å². The lowest BCUT2D eigenvalue weighted by Gasteiger charge is -2.31. The molecule has 0 spiro atoms. The Bertz CT molecular complexity index is 585. The first-order valence-corrected chi connectivity index (χ1v) is 6.14. The predicted octanol–water partition coefficient (Wildman–Crippen LogP) is 0.00242. The molecule has 0 bridgehead atoms. The van der Waals surface area contributed by atoms with E-state index in [0.29, 0.717) is 13.1 Å². The van der Waals surface area contributed by atoms with Gasteiger partial charge in [0.1, 0.15) is 12.2 Å². The molecule has 1 saturated heterocycles. The molecule has 1 fully saturated rings. The summed E-state index contributed by atoms with van der Waals surface area (Å²) < 4.78 is 0. The van der Waals surface area contributed by atoms with Gasteiger partial charge in [-0.1, -0.05) is 0 Å². The fourth-order valence-electron chi connectivity index (χ4n) is 2.00. The molecule has 1 aliphatic rings. The lowest BCUT2D eigenvalue weighted by molar-refractivity contribution is -0.133. The number of piperazine rings is 1. The van der Waals surface area contributed by atoms with Crippen LogP contribution in [0.3, 0.4) is 0 Å². The number of carbonyl (C=O) groups is 3. The molecule has 0 aliphatic carbocycles. The minimum atomic E-state index is -1.08. The topological polar surface area (TPSA) is 90.8 Å². The van der Waals surface area contributed by atoms with Gasteiger partial charge in [-0.05, 0) is 19.1 Å². The van der Waals surface area contributed by atoms with Crippen LogP contribution in [0.5, 0.6) is 0 Å². The van der Waals surface area contributed by atoms with Gasteiger partial charge in [-0.25, -0.2) is 9.78 Å². The van der Waals surface area contributed by atoms with Gasteiger partial charge in [0, 0.05) is 20.1 Å². The van der Waals surface area contributed by atoms with Crippen LogP contribution in [0.4, 0.5) is 0 Å². The summed E-state index contributed by atoms with van der Waals surface area (Å²) in [6.07, 6.45) is 0. The van der Waals surface area contributed by atoms with Crippen molar-refractivity contribution in [3.05, 3.63) is 29.1 Å². The van der Waals surface area contributed by atoms with E-state index in [2.05, 4.69) is 4.98 Å². The van der Waals surface area contributed by atoms with Crippen molar-refractivity contribution in [3.63, 3.8) is 0 Å². The minimum absolute atomic E-state index is 0.0245. The van der Waals surface area contributed by atoms with Crippen LogP contribution in [0.15, 0.2) is 12.1 Å². The van der Waals surface area contributed by atoms with Gasteiger partial charge in [-0.3, -0.25) is 9.59 Å². The highest BCUT2D eigenvalue weighted by molar-refractivity contribution is 5.96. The molecule has 1 aromatic rings. The van der Waals surface area contributed by atoms with Crippen LogP contribution in [-0.2, 0) is 4.79 Å². The van der Waals surface area contributed by atoms with Crippen LogP contribution in [0.25, 0.3) is 0 Å². The molecule has 106 valence electrons. The van der Waals surface area contributed by atoms with E-state index in [1.807, 2.05) is 0 Å². The Morgan fingerprint density at radius 2 is 2.00 bits per heavy atom. The molecular weight excluding hydrogens is 262 g/mol. The van der Waals surface area contributed by atoms with Gasteiger partial charge >= 0.3 is 5.97 Å². The zero-order valence-electron chi connectivity index (χ0n) is 11.3. The number of likely N-dealkylation sites (N-methyl/N-ethyl adjacent to an activating group) is 1. The van der Waals surface area contributed by atoms with Crippen molar-refractivity contribution in [3.8, 4) is 0 Å². The summed E-state index contributed by atoms with van der Waals surface area (Å²) in [5.41, 5.74) is 0.504. The number of pyridine rings is 1. The minimum Gasteiger partial charge on any atom is -0.478 e. The number of carboxylic acid groups (broad SMARTS) is 1. The average molecular weight is 277 g/mol. The molecule has 0 atom stereocenters. The number of rotatable bonds is 2. The zero-order valence-corrected chi connectivity index (χ0v) is 11.3. The van der Waals surface area contributed by atoms with Crippen molar-refractivity contribution < 1.29 is 19.5 Å². The normalized spacial score (nSPS) is 15.4. The first-order chi connectivity index (χ1) is 9.40. The number of aromatic carboxylic acids is 1. The number of amides is 2. The third kappa shape index (κ3) is 2.61. The van der Waals surface area contributed by atoms with Gasteiger partial charge in [-0.2, -0.15) is 0 Å². The maximum atomic E-state index is 12.2. The van der Waals surface area contributed by atoms with Gasteiger partial charge in [-0.15, -0.1) is 0 Å². The number of aromatic nitrogens is 1. The van der Waals surface area contributed by atoms with E-state index < -0.39 is 5.97 Å². The smallest absolute Gasteiger partial charge is 0.337 e. The average Bonchev–Trinajstić information content (AvgIpc) is 2.40. The van der Waals surface area contributed by atoms with E-state index in [9.17, 15) is 14.4 Å². The van der Waals surface area contributed by atoms with Crippen molar-refractivity contribution in [1.82, 2.24) is 14.8 Å². The Labute approximate surface area is 115 Å². The third-order valence-electron chi connectivity index (χ3n) is 3.28. The number of carboxylic acids is 1. The van der Waals surface area contributed by atoms with Gasteiger partial charge < -0.3 is 14.9 Å². The molecule has 2 rings (SSSR count). The van der Waals surface area contributed by atoms with E-state index in [0.717, 1.165) is 0 Å². The Morgan fingerprint density at radius 3 is 2.55 bits per heavy atom. The molecule has 1 N–H and O–H groups in total. The fourth-order valence-corrected chi connectivity index (χ4v) is 2.00. The van der Waals surface area contributed by atoms with Crippen LogP contribution < -0.4 is 0 Å². The summed E-state index contributed by atoms with van der Waals surface area (Å²) in [5.74, 6) is -1.56. The maximum absolute atomic E-state index is 12.2. The van der Waals surface area contributed by atoms with E-state index >= 15 is 0 Å². The van der Waals surface area contributed by atoms with Crippen LogP contribution in [0, 0.1) is 6.92 Å². The van der Waals surface area contributed by atoms with Crippen molar-refractivity contribution in [2.75, 3.05) is 26.7 Å². The SMILES string of the molecule is Cc1nc(C(=O)N2CCN(C)C(=O)C2)ccc1C(=O)O. The predicted molar refractivity (Wildman–Crippen MR) is 69.5 cm³/mol. The maximum Gasteiger partial charge on any atom is 0.337 e. The molecule has 0 unspecified atom stereocenters. The van der Waals surface area contributed by atoms with E-state index in [1.165, 1.54) is 24.0 Å². The number of hydrogen-bond acceptors (Lipinski definition) is 4. The zero-order chi connectivity index (χ0) is 14.9. The van der Waals surface area contributed by atoms with Crippen LogP contribution in [-0.4, -0.2) is 64.4 Å². The molecule has 1 aliphatic heterocycles. The van der Waals surface area contributed by atoms with Crippen LogP contribution >= 0.6 is 0 Å². The van der Waals surface area contributed by atoms with Gasteiger partial charge in [0.05, 0.1) is 11.3 Å². The summed E-state index contributed by atoms with van der Waals surface area (Å²) in [6, 6.07) is 2.73. The largest absolute Gasteiger partial charge is 0.478 e. The standard InChI is InChI=1S/C13H15N3O4/c1-8-9(13(19)20)3-4-10(14-8)12(18)16-6-5-15(2)11(17)7-16/h3-4H,5-7H2,1-2H3,(H,19,20). The second-order valence-corrected chi connectivity index (χ2v) is 4.68. The van der Waals surface area contributed by atoms with Crippen molar-refractivity contribution in [2.45, 2.75) is 6.92 Å². The first kappa shape index (κ1) is 14.0. The first-order valence-electron chi connectivity index (χ1n) is 6.14. The van der Waals surface area contributed by atoms with E-state index in [-0.39, 0.29) is 35.3 Å². The molecule has 0 aromatic carbocycles. The molecule has 7 nitrogen and oxygen atoms in total. The molecule has 20 heavy (non-hydrogen) atoms. The highest BCUT2D eigenvalue weighted by Crippen LogP contribution is 2.11. The lowest BCUT2D eigenvalue weighted by Crippen LogP contribution is -2.50. The van der Waals surface area contributed by atoms with E-state index in [1.54, 1.807) is 11.9 Å². The second-order valence-electron chi connectivity index (χ2n) is 4.68. The highest BCUT2D eigenvalue weighted by Gasteiger charge is 2.26. The monoisotopic (exact) mass is 277 g/mol. The molecule has 2 amide bonds. The molecular formula is C13H15N3O4. The second kappa shape index (κ2) is 5.28. The molecule has 2 heterocycles. The number of aryl methyl sites for hydroxylation is 1. The Hall–Kier alpha value is -2.44. The quantitative estimate of drug-likeness (QED) is 0.821. The molecule has 1 aromatic heterocycles. The fraction of sp³-hybridized carbons (Fsp3) is 0.385. The number of hydrogen-bond donors (Lipinski definition) is 1. The van der Waals surface area contributed by atoms with Crippen LogP contribution in [0.2, 0.25) is 0 Å². The van der Waals surface area contributed by atoms with Gasteiger partial charge in [0.25, 0.3) is 5.91 Å². The molecule has 7 heteroatoms. The van der Waals surface area contributed by atoms with Crippen molar-refractivity contribution in [1.29, 1.82) is 0 Å². The Morgan fingerprint density at radius 1 is 1.30 bits per heavy atom. The number of nitrogens with zero attached hydrogens (tertiary/aromatic N) is 3. The lowest BCUT2D eigenvalue weighted by atomic mass is 10.1. The highest BCUT2D eigenvalue weighted by atomic mass is 16.4. The van der Waals surface area contributed by atoms with Crippen molar-refractivity contribution >= 4 is 17.8 Å². The summed E-state index contributed by atoms with van der Waals surface area (Å²) in [7, 11) is 1.69. The summed E-state index contributed by atoms with van der Waals surface area (Å²) in [5, 5.41) is 8.92. The van der Waals surface area contributed by atoms with Crippen molar-refractivity contribution in [2.24, 2.45) is 0 Å². The Balaban J connectivity index is 2.20. The van der Waals surface area contributed by atoms with E-state index in [4.69, 9.17) is 5.11 Å².